The lowest BCUT2D eigenvalue weighted by Crippen LogP contribution is -2.07. The number of methoxy groups -OCH3 is 2. The molecule has 3 aromatic rings. The monoisotopic (exact) mass is 425 g/mol. The van der Waals surface area contributed by atoms with Crippen LogP contribution in [-0.4, -0.2) is 25.4 Å². The lowest BCUT2D eigenvalue weighted by molar-refractivity contribution is -0.140. The first-order valence-electron chi connectivity index (χ1n) is 8.17. The molecular weight excluding hydrogens is 410 g/mol. The summed E-state index contributed by atoms with van der Waals surface area (Å²) >= 11 is 0.767. The number of aromatic nitrogens is 1. The molecule has 29 heavy (non-hydrogen) atoms. The van der Waals surface area contributed by atoms with Gasteiger partial charge in [0.05, 0.1) is 25.3 Å². The van der Waals surface area contributed by atoms with Gasteiger partial charge in [0.25, 0.3) is 0 Å². The number of halogens is 4. The van der Waals surface area contributed by atoms with Crippen molar-refractivity contribution in [1.82, 2.24) is 4.98 Å². The number of hydrazone groups is 1. The molecule has 1 heterocycles. The van der Waals surface area contributed by atoms with E-state index in [4.69, 9.17) is 9.47 Å². The van der Waals surface area contributed by atoms with E-state index in [0.717, 1.165) is 23.5 Å². The molecule has 0 aliphatic heterocycles. The van der Waals surface area contributed by atoms with Gasteiger partial charge in [0.2, 0.25) is 5.13 Å². The van der Waals surface area contributed by atoms with Crippen LogP contribution in [0.4, 0.5) is 22.7 Å². The van der Waals surface area contributed by atoms with Gasteiger partial charge in [-0.1, -0.05) is 23.5 Å². The first kappa shape index (κ1) is 20.6. The van der Waals surface area contributed by atoms with Crippen LogP contribution in [0.5, 0.6) is 11.5 Å². The molecule has 0 bridgehead atoms. The minimum atomic E-state index is -4.66. The van der Waals surface area contributed by atoms with Crippen LogP contribution in [0, 0.1) is 5.82 Å². The number of anilines is 1. The maximum Gasteiger partial charge on any atom is 0.434 e. The molecule has 1 N–H and O–H groups in total. The average molecular weight is 425 g/mol. The average Bonchev–Trinajstić information content (AvgIpc) is 3.13. The number of thiazole rings is 1. The van der Waals surface area contributed by atoms with Crippen molar-refractivity contribution < 1.29 is 27.0 Å². The smallest absolute Gasteiger partial charge is 0.434 e. The van der Waals surface area contributed by atoms with Crippen molar-refractivity contribution in [3.63, 3.8) is 0 Å². The summed E-state index contributed by atoms with van der Waals surface area (Å²) in [6.45, 7) is 0. The molecular formula is C19H15F4N3O2S. The van der Waals surface area contributed by atoms with E-state index in [1.807, 2.05) is 0 Å². The summed E-state index contributed by atoms with van der Waals surface area (Å²) in [4.78, 5) is 3.48. The molecule has 3 rings (SSSR count). The molecule has 0 saturated carbocycles. The summed E-state index contributed by atoms with van der Waals surface area (Å²) in [5, 5.41) is 3.89. The van der Waals surface area contributed by atoms with Crippen molar-refractivity contribution >= 4 is 22.7 Å². The second kappa shape index (κ2) is 8.48. The fourth-order valence-corrected chi connectivity index (χ4v) is 3.38. The number of hydrogen-bond acceptors (Lipinski definition) is 6. The number of alkyl halides is 3. The van der Waals surface area contributed by atoms with E-state index in [1.54, 1.807) is 18.2 Å². The van der Waals surface area contributed by atoms with Gasteiger partial charge in [0.15, 0.2) is 5.69 Å². The van der Waals surface area contributed by atoms with Crippen LogP contribution in [0.2, 0.25) is 0 Å². The Bertz CT molecular complexity index is 1020. The zero-order valence-electron chi connectivity index (χ0n) is 15.2. The number of nitrogens with one attached hydrogen (secondary N) is 1. The summed E-state index contributed by atoms with van der Waals surface area (Å²) in [6, 6.07) is 9.77. The Hall–Kier alpha value is -3.14. The van der Waals surface area contributed by atoms with Gasteiger partial charge < -0.3 is 9.47 Å². The number of benzene rings is 2. The molecule has 0 aliphatic carbocycles. The predicted octanol–water partition coefficient (Wildman–Crippen LogP) is 5.43. The van der Waals surface area contributed by atoms with E-state index >= 15 is 0 Å². The van der Waals surface area contributed by atoms with Crippen molar-refractivity contribution in [2.45, 2.75) is 6.18 Å². The van der Waals surface area contributed by atoms with E-state index in [1.165, 1.54) is 32.6 Å². The quantitative estimate of drug-likeness (QED) is 0.325. The van der Waals surface area contributed by atoms with Crippen LogP contribution in [0.3, 0.4) is 0 Å². The first-order chi connectivity index (χ1) is 13.8. The lowest BCUT2D eigenvalue weighted by atomic mass is 10.1. The van der Waals surface area contributed by atoms with E-state index in [-0.39, 0.29) is 15.6 Å². The van der Waals surface area contributed by atoms with Gasteiger partial charge in [-0.05, 0) is 29.8 Å². The molecule has 0 spiro atoms. The zero-order chi connectivity index (χ0) is 21.0. The number of hydrogen-bond donors (Lipinski definition) is 1. The SMILES string of the molecule is COc1ccc(C=NNc2nc(C(F)(F)F)c(-c3ccc(F)cc3)s2)c(OC)c1. The molecule has 5 nitrogen and oxygen atoms in total. The van der Waals surface area contributed by atoms with Crippen LogP contribution in [0.15, 0.2) is 47.6 Å². The third-order valence-corrected chi connectivity index (χ3v) is 4.82. The summed E-state index contributed by atoms with van der Waals surface area (Å²) in [7, 11) is 2.99. The minimum absolute atomic E-state index is 0.0552. The van der Waals surface area contributed by atoms with Crippen molar-refractivity contribution in [3.8, 4) is 21.9 Å². The van der Waals surface area contributed by atoms with Gasteiger partial charge in [-0.25, -0.2) is 9.37 Å². The fourth-order valence-electron chi connectivity index (χ4n) is 2.44. The van der Waals surface area contributed by atoms with Crippen molar-refractivity contribution in [1.29, 1.82) is 0 Å². The van der Waals surface area contributed by atoms with Crippen molar-refractivity contribution in [3.05, 3.63) is 59.5 Å². The van der Waals surface area contributed by atoms with Gasteiger partial charge in [-0.2, -0.15) is 18.3 Å². The largest absolute Gasteiger partial charge is 0.497 e. The Morgan fingerprint density at radius 3 is 2.41 bits per heavy atom. The molecule has 0 saturated heterocycles. The maximum atomic E-state index is 13.4. The van der Waals surface area contributed by atoms with E-state index in [0.29, 0.717) is 17.1 Å². The highest BCUT2D eigenvalue weighted by Gasteiger charge is 2.38. The van der Waals surface area contributed by atoms with E-state index in [2.05, 4.69) is 15.5 Å². The summed E-state index contributed by atoms with van der Waals surface area (Å²) in [6.07, 6.45) is -3.27. The Morgan fingerprint density at radius 2 is 1.79 bits per heavy atom. The summed E-state index contributed by atoms with van der Waals surface area (Å²) in [5.74, 6) is 0.533. The molecule has 0 aliphatic rings. The van der Waals surface area contributed by atoms with E-state index in [9.17, 15) is 17.6 Å². The first-order valence-corrected chi connectivity index (χ1v) is 8.98. The molecule has 1 aromatic heterocycles. The zero-order valence-corrected chi connectivity index (χ0v) is 16.1. The van der Waals surface area contributed by atoms with Crippen LogP contribution >= 0.6 is 11.3 Å². The number of nitrogens with zero attached hydrogens (tertiary/aromatic N) is 2. The second-order valence-electron chi connectivity index (χ2n) is 5.68. The molecule has 10 heteroatoms. The van der Waals surface area contributed by atoms with Gasteiger partial charge >= 0.3 is 6.18 Å². The van der Waals surface area contributed by atoms with E-state index < -0.39 is 17.7 Å². The van der Waals surface area contributed by atoms with Gasteiger partial charge in [0, 0.05) is 11.6 Å². The Morgan fingerprint density at radius 1 is 1.07 bits per heavy atom. The summed E-state index contributed by atoms with van der Waals surface area (Å²) in [5.41, 5.74) is 2.24. The van der Waals surface area contributed by atoms with Crippen molar-refractivity contribution in [2.75, 3.05) is 19.6 Å². The Labute approximate surface area is 167 Å². The van der Waals surface area contributed by atoms with Crippen LogP contribution < -0.4 is 14.9 Å². The minimum Gasteiger partial charge on any atom is -0.497 e. The number of ether oxygens (including phenoxy) is 2. The standard InChI is InChI=1S/C19H15F4N3O2S/c1-27-14-8-5-12(15(9-14)28-2)10-24-26-18-25-17(19(21,22)23)16(29-18)11-3-6-13(20)7-4-11/h3-10H,1-2H3,(H,25,26). The highest BCUT2D eigenvalue weighted by atomic mass is 32.1. The second-order valence-corrected chi connectivity index (χ2v) is 6.68. The van der Waals surface area contributed by atoms with Crippen LogP contribution in [-0.2, 0) is 6.18 Å². The van der Waals surface area contributed by atoms with Gasteiger partial charge in [-0.15, -0.1) is 0 Å². The maximum absolute atomic E-state index is 13.4. The predicted molar refractivity (Wildman–Crippen MR) is 103 cm³/mol. The molecule has 2 aromatic carbocycles. The molecule has 0 fully saturated rings. The Kier molecular flexibility index (Phi) is 6.02. The van der Waals surface area contributed by atoms with Crippen LogP contribution in [0.25, 0.3) is 10.4 Å². The van der Waals surface area contributed by atoms with Crippen molar-refractivity contribution in [2.24, 2.45) is 5.10 Å². The highest BCUT2D eigenvalue weighted by Crippen LogP contribution is 2.42. The van der Waals surface area contributed by atoms with Crippen LogP contribution in [0.1, 0.15) is 11.3 Å². The third-order valence-electron chi connectivity index (χ3n) is 3.81. The highest BCUT2D eigenvalue weighted by molar-refractivity contribution is 7.19. The fraction of sp³-hybridized carbons (Fsp3) is 0.158. The normalized spacial score (nSPS) is 11.7. The van der Waals surface area contributed by atoms with Gasteiger partial charge in [-0.3, -0.25) is 5.43 Å². The van der Waals surface area contributed by atoms with Gasteiger partial charge in [0.1, 0.15) is 17.3 Å². The molecule has 0 atom stereocenters. The molecule has 0 unspecified atom stereocenters. The number of rotatable bonds is 6. The lowest BCUT2D eigenvalue weighted by Gasteiger charge is -2.06. The molecule has 152 valence electrons. The molecule has 0 amide bonds. The Balaban J connectivity index is 1.87. The third kappa shape index (κ3) is 4.83. The topological polar surface area (TPSA) is 55.7 Å². The molecule has 0 radical (unpaired) electrons. The summed E-state index contributed by atoms with van der Waals surface area (Å²) < 4.78 is 63.5.